The molecule has 3 nitrogen and oxygen atoms in total. The number of aliphatic hydroxyl groups excluding tert-OH is 1. The van der Waals surface area contributed by atoms with Gasteiger partial charge in [-0.2, -0.15) is 11.8 Å². The third-order valence-corrected chi connectivity index (χ3v) is 2.94. The number of rotatable bonds is 6. The number of aliphatic hydroxyl groups is 1. The van der Waals surface area contributed by atoms with Gasteiger partial charge in [-0.1, -0.05) is 0 Å². The Hall–Kier alpha value is 0.230. The van der Waals surface area contributed by atoms with Gasteiger partial charge < -0.3 is 14.6 Å². The van der Waals surface area contributed by atoms with Gasteiger partial charge in [0.15, 0.2) is 6.29 Å². The average Bonchev–Trinajstić information content (AvgIpc) is 2.19. The van der Waals surface area contributed by atoms with E-state index in [0.717, 1.165) is 44.0 Å². The predicted octanol–water partition coefficient (Wildman–Crippen LogP) is 1.26. The second kappa shape index (κ2) is 7.62. The molecule has 78 valence electrons. The monoisotopic (exact) mass is 206 g/mol. The second-order valence-electron chi connectivity index (χ2n) is 3.00. The molecule has 0 aromatic heterocycles. The van der Waals surface area contributed by atoms with Gasteiger partial charge in [-0.25, -0.2) is 0 Å². The van der Waals surface area contributed by atoms with Crippen molar-refractivity contribution in [3.63, 3.8) is 0 Å². The van der Waals surface area contributed by atoms with Gasteiger partial charge in [0, 0.05) is 13.0 Å². The van der Waals surface area contributed by atoms with E-state index >= 15 is 0 Å². The molecule has 0 unspecified atom stereocenters. The van der Waals surface area contributed by atoms with Gasteiger partial charge in [0.1, 0.15) is 0 Å². The molecule has 1 rings (SSSR count). The van der Waals surface area contributed by atoms with Crippen LogP contribution in [0.4, 0.5) is 0 Å². The fraction of sp³-hybridized carbons (Fsp3) is 1.00. The maximum absolute atomic E-state index is 8.55. The molecule has 0 atom stereocenters. The first-order valence-electron chi connectivity index (χ1n) is 4.85. The van der Waals surface area contributed by atoms with E-state index in [9.17, 15) is 0 Å². The Balaban J connectivity index is 1.86. The van der Waals surface area contributed by atoms with Crippen molar-refractivity contribution in [2.24, 2.45) is 0 Å². The lowest BCUT2D eigenvalue weighted by Gasteiger charge is -2.22. The van der Waals surface area contributed by atoms with Crippen LogP contribution in [0.3, 0.4) is 0 Å². The van der Waals surface area contributed by atoms with Gasteiger partial charge in [0.2, 0.25) is 0 Å². The van der Waals surface area contributed by atoms with Crippen LogP contribution in [0, 0.1) is 0 Å². The maximum atomic E-state index is 8.55. The molecule has 1 fully saturated rings. The van der Waals surface area contributed by atoms with E-state index in [1.54, 1.807) is 0 Å². The standard InChI is InChI=1S/C9H18O3S/c10-4-1-7-13-8-3-9-11-5-2-6-12-9/h9-10H,1-8H2. The fourth-order valence-corrected chi connectivity index (χ4v) is 2.05. The summed E-state index contributed by atoms with van der Waals surface area (Å²) in [5, 5.41) is 8.55. The summed E-state index contributed by atoms with van der Waals surface area (Å²) in [6, 6.07) is 0. The summed E-state index contributed by atoms with van der Waals surface area (Å²) in [7, 11) is 0. The van der Waals surface area contributed by atoms with Crippen molar-refractivity contribution in [3.8, 4) is 0 Å². The Labute approximate surface area is 83.8 Å². The minimum absolute atomic E-state index is 0.0235. The molecule has 1 N–H and O–H groups in total. The topological polar surface area (TPSA) is 38.7 Å². The Morgan fingerprint density at radius 2 is 2.00 bits per heavy atom. The normalized spacial score (nSPS) is 19.2. The SMILES string of the molecule is OCCCSCCC1OCCCO1. The van der Waals surface area contributed by atoms with Crippen molar-refractivity contribution in [1.29, 1.82) is 0 Å². The van der Waals surface area contributed by atoms with Crippen LogP contribution < -0.4 is 0 Å². The molecule has 0 aromatic carbocycles. The molecule has 1 aliphatic heterocycles. The molecule has 1 saturated heterocycles. The molecular weight excluding hydrogens is 188 g/mol. The first-order chi connectivity index (χ1) is 6.43. The number of ether oxygens (including phenoxy) is 2. The first kappa shape index (κ1) is 11.3. The van der Waals surface area contributed by atoms with Gasteiger partial charge >= 0.3 is 0 Å². The van der Waals surface area contributed by atoms with Crippen molar-refractivity contribution in [2.45, 2.75) is 25.6 Å². The van der Waals surface area contributed by atoms with Crippen LogP contribution in [0.15, 0.2) is 0 Å². The quantitative estimate of drug-likeness (QED) is 0.664. The third-order valence-electron chi connectivity index (χ3n) is 1.84. The van der Waals surface area contributed by atoms with E-state index in [2.05, 4.69) is 0 Å². The van der Waals surface area contributed by atoms with E-state index in [1.165, 1.54) is 0 Å². The summed E-state index contributed by atoms with van der Waals surface area (Å²) in [6.45, 7) is 1.97. The Kier molecular flexibility index (Phi) is 6.62. The van der Waals surface area contributed by atoms with Gasteiger partial charge in [-0.3, -0.25) is 0 Å². The highest BCUT2D eigenvalue weighted by atomic mass is 32.2. The zero-order valence-electron chi connectivity index (χ0n) is 7.91. The van der Waals surface area contributed by atoms with Crippen LogP contribution in [0.1, 0.15) is 19.3 Å². The first-order valence-corrected chi connectivity index (χ1v) is 6.01. The van der Waals surface area contributed by atoms with Gasteiger partial charge in [0.25, 0.3) is 0 Å². The van der Waals surface area contributed by atoms with Crippen LogP contribution in [0.5, 0.6) is 0 Å². The number of hydrogen-bond donors (Lipinski definition) is 1. The molecule has 1 aliphatic rings. The fourth-order valence-electron chi connectivity index (χ4n) is 1.15. The van der Waals surface area contributed by atoms with Crippen molar-refractivity contribution in [1.82, 2.24) is 0 Å². The highest BCUT2D eigenvalue weighted by molar-refractivity contribution is 7.99. The highest BCUT2D eigenvalue weighted by Crippen LogP contribution is 2.12. The number of thioether (sulfide) groups is 1. The summed E-state index contributed by atoms with van der Waals surface area (Å²) < 4.78 is 10.8. The molecule has 0 amide bonds. The van der Waals surface area contributed by atoms with E-state index < -0.39 is 0 Å². The van der Waals surface area contributed by atoms with Crippen molar-refractivity contribution >= 4 is 11.8 Å². The molecule has 0 saturated carbocycles. The minimum Gasteiger partial charge on any atom is -0.396 e. The Morgan fingerprint density at radius 1 is 1.23 bits per heavy atom. The van der Waals surface area contributed by atoms with Crippen LogP contribution in [0.25, 0.3) is 0 Å². The van der Waals surface area contributed by atoms with Crippen LogP contribution in [0.2, 0.25) is 0 Å². The van der Waals surface area contributed by atoms with E-state index in [-0.39, 0.29) is 6.29 Å². The van der Waals surface area contributed by atoms with Crippen LogP contribution >= 0.6 is 11.8 Å². The molecule has 0 aliphatic carbocycles. The molecule has 0 spiro atoms. The van der Waals surface area contributed by atoms with E-state index in [1.807, 2.05) is 11.8 Å². The van der Waals surface area contributed by atoms with E-state index in [4.69, 9.17) is 14.6 Å². The zero-order chi connectivity index (χ0) is 9.36. The van der Waals surface area contributed by atoms with Crippen molar-refractivity contribution in [3.05, 3.63) is 0 Å². The smallest absolute Gasteiger partial charge is 0.158 e. The van der Waals surface area contributed by atoms with Crippen molar-refractivity contribution in [2.75, 3.05) is 31.3 Å². The molecule has 0 aromatic rings. The lowest BCUT2D eigenvalue weighted by atomic mass is 10.4. The maximum Gasteiger partial charge on any atom is 0.158 e. The molecule has 0 bridgehead atoms. The molecule has 13 heavy (non-hydrogen) atoms. The Morgan fingerprint density at radius 3 is 2.69 bits per heavy atom. The molecule has 0 radical (unpaired) electrons. The lowest BCUT2D eigenvalue weighted by molar-refractivity contribution is -0.178. The summed E-state index contributed by atoms with van der Waals surface area (Å²) in [4.78, 5) is 0. The number of hydrogen-bond acceptors (Lipinski definition) is 4. The second-order valence-corrected chi connectivity index (χ2v) is 4.23. The summed E-state index contributed by atoms with van der Waals surface area (Å²) in [5.41, 5.74) is 0. The average molecular weight is 206 g/mol. The largest absolute Gasteiger partial charge is 0.396 e. The van der Waals surface area contributed by atoms with Crippen molar-refractivity contribution < 1.29 is 14.6 Å². The summed E-state index contributed by atoms with van der Waals surface area (Å²) in [6.07, 6.45) is 2.90. The third kappa shape index (κ3) is 5.52. The molecular formula is C9H18O3S. The van der Waals surface area contributed by atoms with E-state index in [0.29, 0.717) is 6.61 Å². The van der Waals surface area contributed by atoms with Gasteiger partial charge in [-0.15, -0.1) is 0 Å². The van der Waals surface area contributed by atoms with Crippen LogP contribution in [-0.2, 0) is 9.47 Å². The zero-order valence-corrected chi connectivity index (χ0v) is 8.72. The van der Waals surface area contributed by atoms with Gasteiger partial charge in [0.05, 0.1) is 13.2 Å². The van der Waals surface area contributed by atoms with Crippen LogP contribution in [-0.4, -0.2) is 42.7 Å². The van der Waals surface area contributed by atoms with Gasteiger partial charge in [-0.05, 0) is 24.3 Å². The minimum atomic E-state index is 0.0235. The Bertz CT molecular complexity index is 115. The molecule has 4 heteroatoms. The highest BCUT2D eigenvalue weighted by Gasteiger charge is 2.12. The predicted molar refractivity (Wildman–Crippen MR) is 54.0 cm³/mol. The lowest BCUT2D eigenvalue weighted by Crippen LogP contribution is -2.25. The molecule has 1 heterocycles. The summed E-state index contributed by atoms with van der Waals surface area (Å²) >= 11 is 1.85. The summed E-state index contributed by atoms with van der Waals surface area (Å²) in [5.74, 6) is 2.09.